The summed E-state index contributed by atoms with van der Waals surface area (Å²) in [5.41, 5.74) is 10.3. The fraction of sp³-hybridized carbons (Fsp3) is 0.0400. The number of ether oxygens (including phenoxy) is 2. The Morgan fingerprint density at radius 3 is 1.28 bits per heavy atom. The molecule has 0 unspecified atom stereocenters. The molecule has 0 atom stereocenters. The molecule has 3 heteroatoms. The van der Waals surface area contributed by atoms with Gasteiger partial charge in [-0.2, -0.15) is 0 Å². The molecule has 0 aliphatic heterocycles. The summed E-state index contributed by atoms with van der Waals surface area (Å²) in [4.78, 5) is 2.30. The Bertz CT molecular complexity index is 2670. The van der Waals surface area contributed by atoms with Crippen LogP contribution in [0.4, 0.5) is 17.1 Å². The maximum Gasteiger partial charge on any atom is 0.119 e. The van der Waals surface area contributed by atoms with Gasteiger partial charge in [0.2, 0.25) is 0 Å². The molecule has 0 aliphatic carbocycles. The molecule has 0 heterocycles. The normalized spacial score (nSPS) is 11.2. The van der Waals surface area contributed by atoms with Crippen molar-refractivity contribution < 1.29 is 9.47 Å². The molecule has 0 fully saturated rings. The zero-order valence-electron chi connectivity index (χ0n) is 29.7. The second-order valence-corrected chi connectivity index (χ2v) is 13.2. The predicted octanol–water partition coefficient (Wildman–Crippen LogP) is 13.6. The Hall–Kier alpha value is -6.84. The van der Waals surface area contributed by atoms with E-state index in [1.54, 1.807) is 14.2 Å². The third-order valence-electron chi connectivity index (χ3n) is 10.2. The van der Waals surface area contributed by atoms with Crippen LogP contribution in [-0.4, -0.2) is 14.2 Å². The van der Waals surface area contributed by atoms with Crippen molar-refractivity contribution in [1.82, 2.24) is 0 Å². The second kappa shape index (κ2) is 13.7. The van der Waals surface area contributed by atoms with E-state index < -0.39 is 0 Å². The van der Waals surface area contributed by atoms with Crippen molar-refractivity contribution in [2.24, 2.45) is 0 Å². The number of methoxy groups -OCH3 is 2. The summed E-state index contributed by atoms with van der Waals surface area (Å²) in [5, 5.41) is 6.98. The van der Waals surface area contributed by atoms with Crippen molar-refractivity contribution in [3.8, 4) is 44.9 Å². The lowest BCUT2D eigenvalue weighted by Crippen LogP contribution is -2.09. The highest BCUT2D eigenvalue weighted by Gasteiger charge is 2.22. The van der Waals surface area contributed by atoms with Crippen LogP contribution in [0.1, 0.15) is 0 Å². The monoisotopic (exact) mass is 683 g/mol. The fourth-order valence-electron chi connectivity index (χ4n) is 7.78. The third kappa shape index (κ3) is 5.73. The van der Waals surface area contributed by atoms with Crippen LogP contribution in [0.2, 0.25) is 0 Å². The minimum absolute atomic E-state index is 0.818. The number of para-hydroxylation sites is 2. The molecule has 0 saturated carbocycles. The largest absolute Gasteiger partial charge is 0.497 e. The molecule has 53 heavy (non-hydrogen) atoms. The van der Waals surface area contributed by atoms with Crippen LogP contribution in [-0.2, 0) is 0 Å². The number of hydrogen-bond acceptors (Lipinski definition) is 3. The molecule has 0 aliphatic rings. The van der Waals surface area contributed by atoms with Crippen molar-refractivity contribution >= 4 is 49.4 Å². The van der Waals surface area contributed by atoms with Gasteiger partial charge in [0.05, 0.1) is 14.2 Å². The van der Waals surface area contributed by atoms with Gasteiger partial charge in [-0.25, -0.2) is 0 Å². The standard InChI is InChI=1S/C50H37NO2/c1-52-40-27-29-42-46(31-40)47-32-41(53-2)28-30-43(47)50-48(36-17-9-4-10-18-36)44(34-15-7-3-8-16-34)33-45(49(42)50)35-23-25-39(26-24-35)51(37-19-11-5-12-20-37)38-21-13-6-14-22-38/h3-33H,1-2H3. The quantitative estimate of drug-likeness (QED) is 0.149. The summed E-state index contributed by atoms with van der Waals surface area (Å²) in [6, 6.07) is 67.0. The van der Waals surface area contributed by atoms with Gasteiger partial charge in [0, 0.05) is 17.1 Å². The van der Waals surface area contributed by atoms with Gasteiger partial charge >= 0.3 is 0 Å². The summed E-state index contributed by atoms with van der Waals surface area (Å²) in [5.74, 6) is 1.64. The summed E-state index contributed by atoms with van der Waals surface area (Å²) in [6.07, 6.45) is 0. The van der Waals surface area contributed by atoms with Crippen molar-refractivity contribution in [1.29, 1.82) is 0 Å². The van der Waals surface area contributed by atoms with Crippen LogP contribution in [0.15, 0.2) is 188 Å². The van der Waals surface area contributed by atoms with Crippen LogP contribution in [0.5, 0.6) is 11.5 Å². The Balaban J connectivity index is 1.40. The highest BCUT2D eigenvalue weighted by atomic mass is 16.5. The van der Waals surface area contributed by atoms with E-state index in [0.717, 1.165) is 55.7 Å². The average molecular weight is 684 g/mol. The predicted molar refractivity (Wildman–Crippen MR) is 223 cm³/mol. The molecular formula is C50H37NO2. The van der Waals surface area contributed by atoms with E-state index in [4.69, 9.17) is 9.47 Å². The van der Waals surface area contributed by atoms with Crippen molar-refractivity contribution in [3.05, 3.63) is 188 Å². The molecule has 9 aromatic carbocycles. The van der Waals surface area contributed by atoms with Gasteiger partial charge in [-0.05, 0) is 132 Å². The van der Waals surface area contributed by atoms with Gasteiger partial charge in [-0.3, -0.25) is 0 Å². The SMILES string of the molecule is COc1ccc2c(c1)c1cc(OC)ccc1c1c(-c3ccccc3)c(-c3ccccc3)cc(-c3ccc(N(c4ccccc4)c4ccccc4)cc3)c21. The third-order valence-corrected chi connectivity index (χ3v) is 10.2. The van der Waals surface area contributed by atoms with E-state index >= 15 is 0 Å². The molecule has 0 aromatic heterocycles. The molecule has 9 rings (SSSR count). The summed E-state index contributed by atoms with van der Waals surface area (Å²) in [7, 11) is 3.46. The van der Waals surface area contributed by atoms with Gasteiger partial charge in [0.15, 0.2) is 0 Å². The maximum atomic E-state index is 5.80. The first-order valence-corrected chi connectivity index (χ1v) is 17.9. The molecular weight excluding hydrogens is 647 g/mol. The zero-order valence-corrected chi connectivity index (χ0v) is 29.7. The summed E-state index contributed by atoms with van der Waals surface area (Å²) < 4.78 is 11.6. The average Bonchev–Trinajstić information content (AvgIpc) is 3.24. The topological polar surface area (TPSA) is 21.7 Å². The van der Waals surface area contributed by atoms with E-state index in [1.807, 2.05) is 0 Å². The number of nitrogens with zero attached hydrogens (tertiary/aromatic N) is 1. The summed E-state index contributed by atoms with van der Waals surface area (Å²) in [6.45, 7) is 0. The van der Waals surface area contributed by atoms with Crippen LogP contribution in [0, 0.1) is 0 Å². The Kier molecular flexibility index (Phi) is 8.30. The number of anilines is 3. The van der Waals surface area contributed by atoms with E-state index in [9.17, 15) is 0 Å². The lowest BCUT2D eigenvalue weighted by molar-refractivity contribution is 0.415. The van der Waals surface area contributed by atoms with Crippen LogP contribution < -0.4 is 14.4 Å². The van der Waals surface area contributed by atoms with Crippen LogP contribution >= 0.6 is 0 Å². The van der Waals surface area contributed by atoms with Crippen molar-refractivity contribution in [2.45, 2.75) is 0 Å². The van der Waals surface area contributed by atoms with Crippen molar-refractivity contribution in [2.75, 3.05) is 19.1 Å². The fourth-order valence-corrected chi connectivity index (χ4v) is 7.78. The highest BCUT2D eigenvalue weighted by Crippen LogP contribution is 2.50. The van der Waals surface area contributed by atoms with Gasteiger partial charge in [-0.1, -0.05) is 121 Å². The molecule has 0 spiro atoms. The Morgan fingerprint density at radius 1 is 0.340 bits per heavy atom. The van der Waals surface area contributed by atoms with Gasteiger partial charge in [-0.15, -0.1) is 0 Å². The number of rotatable bonds is 8. The van der Waals surface area contributed by atoms with Crippen LogP contribution in [0.3, 0.4) is 0 Å². The molecule has 0 radical (unpaired) electrons. The van der Waals surface area contributed by atoms with E-state index in [2.05, 4.69) is 193 Å². The Labute approximate surface area is 309 Å². The molecule has 3 nitrogen and oxygen atoms in total. The minimum atomic E-state index is 0.818. The lowest BCUT2D eigenvalue weighted by Gasteiger charge is -2.26. The molecule has 0 amide bonds. The van der Waals surface area contributed by atoms with Gasteiger partial charge in [0.1, 0.15) is 11.5 Å². The summed E-state index contributed by atoms with van der Waals surface area (Å²) >= 11 is 0. The second-order valence-electron chi connectivity index (χ2n) is 13.2. The lowest BCUT2D eigenvalue weighted by atomic mass is 9.81. The first-order valence-electron chi connectivity index (χ1n) is 17.9. The van der Waals surface area contributed by atoms with Gasteiger partial charge < -0.3 is 14.4 Å². The minimum Gasteiger partial charge on any atom is -0.497 e. The molecule has 9 aromatic rings. The first kappa shape index (κ1) is 32.1. The number of hydrogen-bond donors (Lipinski definition) is 0. The zero-order chi connectivity index (χ0) is 35.7. The van der Waals surface area contributed by atoms with Crippen molar-refractivity contribution in [3.63, 3.8) is 0 Å². The number of fused-ring (bicyclic) bond motifs is 6. The van der Waals surface area contributed by atoms with E-state index in [0.29, 0.717) is 0 Å². The number of benzene rings is 9. The first-order chi connectivity index (χ1) is 26.2. The van der Waals surface area contributed by atoms with E-state index in [-0.39, 0.29) is 0 Å². The van der Waals surface area contributed by atoms with Crippen LogP contribution in [0.25, 0.3) is 65.7 Å². The molecule has 0 saturated heterocycles. The molecule has 0 N–H and O–H groups in total. The Morgan fingerprint density at radius 2 is 0.774 bits per heavy atom. The molecule has 254 valence electrons. The highest BCUT2D eigenvalue weighted by molar-refractivity contribution is 6.33. The van der Waals surface area contributed by atoms with E-state index in [1.165, 1.54) is 38.6 Å². The van der Waals surface area contributed by atoms with Gasteiger partial charge in [0.25, 0.3) is 0 Å². The molecule has 0 bridgehead atoms. The smallest absolute Gasteiger partial charge is 0.119 e. The maximum absolute atomic E-state index is 5.80.